The normalized spacial score (nSPS) is 10.8. The SMILES string of the molecule is O=C(Cc1ccc2oc(=O)[nH]c2c1)NCc1ccccc1F. The van der Waals surface area contributed by atoms with E-state index in [1.807, 2.05) is 0 Å². The maximum atomic E-state index is 13.4. The number of hydrogen-bond donors (Lipinski definition) is 2. The molecule has 0 fully saturated rings. The third kappa shape index (κ3) is 3.06. The van der Waals surface area contributed by atoms with Gasteiger partial charge >= 0.3 is 5.76 Å². The molecule has 0 unspecified atom stereocenters. The van der Waals surface area contributed by atoms with Gasteiger partial charge in [0.1, 0.15) is 5.82 Å². The van der Waals surface area contributed by atoms with Crippen LogP contribution in [-0.4, -0.2) is 10.9 Å². The first-order chi connectivity index (χ1) is 10.6. The van der Waals surface area contributed by atoms with Crippen molar-refractivity contribution in [3.63, 3.8) is 0 Å². The Kier molecular flexibility index (Phi) is 3.74. The van der Waals surface area contributed by atoms with Crippen LogP contribution in [0.25, 0.3) is 11.1 Å². The molecule has 22 heavy (non-hydrogen) atoms. The predicted molar refractivity (Wildman–Crippen MR) is 78.8 cm³/mol. The van der Waals surface area contributed by atoms with E-state index in [1.54, 1.807) is 36.4 Å². The molecule has 0 aliphatic rings. The zero-order chi connectivity index (χ0) is 15.5. The zero-order valence-electron chi connectivity index (χ0n) is 11.6. The highest BCUT2D eigenvalue weighted by Crippen LogP contribution is 2.13. The molecule has 0 bridgehead atoms. The van der Waals surface area contributed by atoms with Crippen molar-refractivity contribution in [2.24, 2.45) is 0 Å². The van der Waals surface area contributed by atoms with E-state index in [0.29, 0.717) is 16.7 Å². The minimum atomic E-state index is -0.531. The van der Waals surface area contributed by atoms with Crippen LogP contribution in [0.3, 0.4) is 0 Å². The smallest absolute Gasteiger partial charge is 0.408 e. The van der Waals surface area contributed by atoms with Gasteiger partial charge in [0.25, 0.3) is 0 Å². The van der Waals surface area contributed by atoms with Crippen LogP contribution in [-0.2, 0) is 17.8 Å². The van der Waals surface area contributed by atoms with Crippen LogP contribution in [0.5, 0.6) is 0 Å². The fourth-order valence-corrected chi connectivity index (χ4v) is 2.19. The lowest BCUT2D eigenvalue weighted by Crippen LogP contribution is -2.25. The number of amides is 1. The Morgan fingerprint density at radius 2 is 2.05 bits per heavy atom. The lowest BCUT2D eigenvalue weighted by molar-refractivity contribution is -0.120. The number of rotatable bonds is 4. The Morgan fingerprint density at radius 3 is 2.86 bits per heavy atom. The van der Waals surface area contributed by atoms with E-state index >= 15 is 0 Å². The number of aromatic amines is 1. The van der Waals surface area contributed by atoms with E-state index in [1.165, 1.54) is 6.07 Å². The van der Waals surface area contributed by atoms with Gasteiger partial charge in [-0.3, -0.25) is 9.78 Å². The quantitative estimate of drug-likeness (QED) is 0.775. The summed E-state index contributed by atoms with van der Waals surface area (Å²) in [7, 11) is 0. The number of H-pyrrole nitrogens is 1. The zero-order valence-corrected chi connectivity index (χ0v) is 11.6. The standard InChI is InChI=1S/C16H13FN2O3/c17-12-4-2-1-3-11(12)9-18-15(20)8-10-5-6-14-13(7-10)19-16(21)22-14/h1-7H,8-9H2,(H,18,20)(H,19,21). The Balaban J connectivity index is 1.65. The number of halogens is 1. The predicted octanol–water partition coefficient (Wildman–Crippen LogP) is 2.12. The van der Waals surface area contributed by atoms with Crippen LogP contribution in [0.1, 0.15) is 11.1 Å². The summed E-state index contributed by atoms with van der Waals surface area (Å²) in [5, 5.41) is 2.67. The summed E-state index contributed by atoms with van der Waals surface area (Å²) < 4.78 is 18.3. The van der Waals surface area contributed by atoms with E-state index < -0.39 is 5.76 Å². The van der Waals surface area contributed by atoms with E-state index in [0.717, 1.165) is 5.56 Å². The second kappa shape index (κ2) is 5.85. The third-order valence-electron chi connectivity index (χ3n) is 3.28. The van der Waals surface area contributed by atoms with Crippen molar-refractivity contribution >= 4 is 17.0 Å². The number of nitrogens with one attached hydrogen (secondary N) is 2. The van der Waals surface area contributed by atoms with Gasteiger partial charge in [0.2, 0.25) is 5.91 Å². The van der Waals surface area contributed by atoms with Crippen LogP contribution < -0.4 is 11.1 Å². The van der Waals surface area contributed by atoms with Crippen molar-refractivity contribution in [3.05, 3.63) is 70.0 Å². The van der Waals surface area contributed by atoms with Crippen molar-refractivity contribution in [1.29, 1.82) is 0 Å². The molecule has 0 saturated heterocycles. The fraction of sp³-hybridized carbons (Fsp3) is 0.125. The highest BCUT2D eigenvalue weighted by molar-refractivity contribution is 5.80. The number of carbonyl (C=O) groups is 1. The molecule has 0 aliphatic carbocycles. The van der Waals surface area contributed by atoms with Crippen molar-refractivity contribution in [2.45, 2.75) is 13.0 Å². The molecule has 3 aromatic rings. The van der Waals surface area contributed by atoms with Gasteiger partial charge in [0.15, 0.2) is 5.58 Å². The lowest BCUT2D eigenvalue weighted by Gasteiger charge is -2.06. The molecule has 3 rings (SSSR count). The molecule has 1 heterocycles. The number of fused-ring (bicyclic) bond motifs is 1. The van der Waals surface area contributed by atoms with Gasteiger partial charge in [-0.1, -0.05) is 24.3 Å². The van der Waals surface area contributed by atoms with Crippen LogP contribution in [0, 0.1) is 5.82 Å². The number of aromatic nitrogens is 1. The Labute approximate surface area is 124 Å². The number of hydrogen-bond acceptors (Lipinski definition) is 3. The molecule has 0 saturated carbocycles. The van der Waals surface area contributed by atoms with Gasteiger partial charge in [0.05, 0.1) is 11.9 Å². The van der Waals surface area contributed by atoms with E-state index in [-0.39, 0.29) is 24.7 Å². The number of carbonyl (C=O) groups excluding carboxylic acids is 1. The van der Waals surface area contributed by atoms with Gasteiger partial charge in [-0.2, -0.15) is 0 Å². The first-order valence-electron chi connectivity index (χ1n) is 6.74. The summed E-state index contributed by atoms with van der Waals surface area (Å²) >= 11 is 0. The van der Waals surface area contributed by atoms with Gasteiger partial charge in [-0.15, -0.1) is 0 Å². The van der Waals surface area contributed by atoms with Crippen LogP contribution in [0.15, 0.2) is 51.7 Å². The highest BCUT2D eigenvalue weighted by atomic mass is 19.1. The summed E-state index contributed by atoms with van der Waals surface area (Å²) in [5.41, 5.74) is 2.16. The van der Waals surface area contributed by atoms with Crippen molar-refractivity contribution in [2.75, 3.05) is 0 Å². The topological polar surface area (TPSA) is 75.1 Å². The fourth-order valence-electron chi connectivity index (χ4n) is 2.19. The van der Waals surface area contributed by atoms with Crippen molar-refractivity contribution in [1.82, 2.24) is 10.3 Å². The summed E-state index contributed by atoms with van der Waals surface area (Å²) in [6, 6.07) is 11.3. The average molecular weight is 300 g/mol. The Bertz CT molecular complexity index is 882. The van der Waals surface area contributed by atoms with E-state index in [2.05, 4.69) is 10.3 Å². The molecule has 0 atom stereocenters. The maximum Gasteiger partial charge on any atom is 0.417 e. The lowest BCUT2D eigenvalue weighted by atomic mass is 10.1. The summed E-state index contributed by atoms with van der Waals surface area (Å²) in [6.45, 7) is 0.135. The molecule has 2 aromatic carbocycles. The van der Waals surface area contributed by atoms with Gasteiger partial charge in [-0.25, -0.2) is 9.18 Å². The number of oxazole rings is 1. The minimum absolute atomic E-state index is 0.135. The molecule has 0 aliphatic heterocycles. The summed E-state index contributed by atoms with van der Waals surface area (Å²) in [5.74, 6) is -1.11. The van der Waals surface area contributed by atoms with Crippen LogP contribution in [0.4, 0.5) is 4.39 Å². The third-order valence-corrected chi connectivity index (χ3v) is 3.28. The molecule has 1 aromatic heterocycles. The molecular weight excluding hydrogens is 287 g/mol. The van der Waals surface area contributed by atoms with E-state index in [9.17, 15) is 14.0 Å². The maximum absolute atomic E-state index is 13.4. The van der Waals surface area contributed by atoms with Gasteiger partial charge in [0, 0.05) is 12.1 Å². The monoisotopic (exact) mass is 300 g/mol. The summed E-state index contributed by atoms with van der Waals surface area (Å²) in [4.78, 5) is 25.5. The van der Waals surface area contributed by atoms with Crippen molar-refractivity contribution < 1.29 is 13.6 Å². The van der Waals surface area contributed by atoms with Crippen LogP contribution in [0.2, 0.25) is 0 Å². The largest absolute Gasteiger partial charge is 0.417 e. The first kappa shape index (κ1) is 14.1. The molecular formula is C16H13FN2O3. The minimum Gasteiger partial charge on any atom is -0.408 e. The summed E-state index contributed by atoms with van der Waals surface area (Å²) in [6.07, 6.45) is 0.137. The Hall–Kier alpha value is -2.89. The molecule has 2 N–H and O–H groups in total. The highest BCUT2D eigenvalue weighted by Gasteiger charge is 2.08. The van der Waals surface area contributed by atoms with E-state index in [4.69, 9.17) is 4.42 Å². The average Bonchev–Trinajstić information content (AvgIpc) is 2.86. The first-order valence-corrected chi connectivity index (χ1v) is 6.74. The second-order valence-corrected chi connectivity index (χ2v) is 4.89. The molecule has 112 valence electrons. The van der Waals surface area contributed by atoms with Gasteiger partial charge < -0.3 is 9.73 Å². The molecule has 0 radical (unpaired) electrons. The van der Waals surface area contributed by atoms with Gasteiger partial charge in [-0.05, 0) is 23.8 Å². The van der Waals surface area contributed by atoms with Crippen molar-refractivity contribution in [3.8, 4) is 0 Å². The number of benzene rings is 2. The molecule has 6 heteroatoms. The van der Waals surface area contributed by atoms with Crippen LogP contribution >= 0.6 is 0 Å². The molecule has 5 nitrogen and oxygen atoms in total. The molecule has 1 amide bonds. The Morgan fingerprint density at radius 1 is 1.23 bits per heavy atom. The second-order valence-electron chi connectivity index (χ2n) is 4.89. The molecule has 0 spiro atoms.